The predicted molar refractivity (Wildman–Crippen MR) is 89.3 cm³/mol. The number of hydrogen-bond donors (Lipinski definition) is 1. The van der Waals surface area contributed by atoms with Crippen LogP contribution in [0.1, 0.15) is 31.4 Å². The highest BCUT2D eigenvalue weighted by Gasteiger charge is 2.76. The van der Waals surface area contributed by atoms with Crippen LogP contribution in [0.15, 0.2) is 42.5 Å². The normalized spacial score (nSPS) is 28.1. The van der Waals surface area contributed by atoms with Gasteiger partial charge in [0.2, 0.25) is 5.91 Å². The number of carbonyl (C=O) groups is 1. The monoisotopic (exact) mass is 329 g/mol. The smallest absolute Gasteiger partial charge is 0.236 e. The molecule has 0 unspecified atom stereocenters. The molecule has 1 N–H and O–H groups in total. The Hall–Kier alpha value is -1.87. The SMILES string of the molecule is CC(C)[C@]1(c2ccc(Cl)cc2)C[C@@]12C(=O)Nc1ccc(F)cc12. The van der Waals surface area contributed by atoms with Crippen molar-refractivity contribution in [3.05, 3.63) is 64.4 Å². The van der Waals surface area contributed by atoms with Crippen molar-refractivity contribution >= 4 is 23.2 Å². The average Bonchev–Trinajstić information content (AvgIpc) is 3.15. The highest BCUT2D eigenvalue weighted by molar-refractivity contribution is 6.30. The zero-order valence-electron chi connectivity index (χ0n) is 13.0. The van der Waals surface area contributed by atoms with E-state index >= 15 is 0 Å². The summed E-state index contributed by atoms with van der Waals surface area (Å²) in [4.78, 5) is 12.8. The van der Waals surface area contributed by atoms with Crippen molar-refractivity contribution in [2.24, 2.45) is 5.92 Å². The van der Waals surface area contributed by atoms with Crippen molar-refractivity contribution in [1.29, 1.82) is 0 Å². The van der Waals surface area contributed by atoms with E-state index in [0.717, 1.165) is 16.8 Å². The first-order chi connectivity index (χ1) is 10.9. The second kappa shape index (κ2) is 4.57. The largest absolute Gasteiger partial charge is 0.325 e. The Morgan fingerprint density at radius 2 is 1.87 bits per heavy atom. The Labute approximate surface area is 139 Å². The second-order valence-corrected chi connectivity index (χ2v) is 7.30. The van der Waals surface area contributed by atoms with Crippen LogP contribution in [-0.4, -0.2) is 5.91 Å². The van der Waals surface area contributed by atoms with Crippen LogP contribution in [0.25, 0.3) is 0 Å². The molecular weight excluding hydrogens is 313 g/mol. The molecule has 1 saturated carbocycles. The zero-order chi connectivity index (χ0) is 16.4. The Morgan fingerprint density at radius 3 is 2.52 bits per heavy atom. The van der Waals surface area contributed by atoms with Gasteiger partial charge in [-0.05, 0) is 53.8 Å². The molecule has 2 aromatic rings. The lowest BCUT2D eigenvalue weighted by molar-refractivity contribution is -0.118. The summed E-state index contributed by atoms with van der Waals surface area (Å²) in [5.74, 6) is -0.0920. The number of benzene rings is 2. The van der Waals surface area contributed by atoms with Crippen LogP contribution >= 0.6 is 11.6 Å². The molecular formula is C19H17ClFNO. The summed E-state index contributed by atoms with van der Waals surface area (Å²) in [6.45, 7) is 4.24. The van der Waals surface area contributed by atoms with Gasteiger partial charge in [0.05, 0.1) is 5.41 Å². The molecule has 4 heteroatoms. The zero-order valence-corrected chi connectivity index (χ0v) is 13.7. The number of nitrogens with one attached hydrogen (secondary N) is 1. The molecule has 23 heavy (non-hydrogen) atoms. The first-order valence-electron chi connectivity index (χ1n) is 7.79. The lowest BCUT2D eigenvalue weighted by Crippen LogP contribution is -2.33. The summed E-state index contributed by atoms with van der Waals surface area (Å²) in [7, 11) is 0. The van der Waals surface area contributed by atoms with Gasteiger partial charge >= 0.3 is 0 Å². The molecule has 1 heterocycles. The molecule has 2 aliphatic rings. The summed E-state index contributed by atoms with van der Waals surface area (Å²) < 4.78 is 13.8. The van der Waals surface area contributed by atoms with Crippen molar-refractivity contribution in [2.45, 2.75) is 31.1 Å². The van der Waals surface area contributed by atoms with E-state index in [1.807, 2.05) is 24.3 Å². The quantitative estimate of drug-likeness (QED) is 0.852. The van der Waals surface area contributed by atoms with E-state index in [0.29, 0.717) is 11.4 Å². The number of carbonyl (C=O) groups excluding carboxylic acids is 1. The third-order valence-corrected chi connectivity index (χ3v) is 5.85. The summed E-state index contributed by atoms with van der Waals surface area (Å²) in [6.07, 6.45) is 0.696. The average molecular weight is 330 g/mol. The Balaban J connectivity index is 1.92. The van der Waals surface area contributed by atoms with E-state index < -0.39 is 5.41 Å². The highest BCUT2D eigenvalue weighted by atomic mass is 35.5. The molecule has 1 aliphatic heterocycles. The summed E-state index contributed by atoms with van der Waals surface area (Å²) in [5.41, 5.74) is 1.61. The van der Waals surface area contributed by atoms with E-state index in [9.17, 15) is 9.18 Å². The number of amides is 1. The summed E-state index contributed by atoms with van der Waals surface area (Å²) >= 11 is 6.01. The fourth-order valence-corrected chi connectivity index (χ4v) is 4.57. The molecule has 2 aromatic carbocycles. The molecule has 0 saturated heterocycles. The van der Waals surface area contributed by atoms with Gasteiger partial charge in [-0.2, -0.15) is 0 Å². The van der Waals surface area contributed by atoms with Crippen LogP contribution in [0.5, 0.6) is 0 Å². The van der Waals surface area contributed by atoms with Crippen LogP contribution in [0.4, 0.5) is 10.1 Å². The number of anilines is 1. The minimum atomic E-state index is -0.674. The van der Waals surface area contributed by atoms with Gasteiger partial charge in [0, 0.05) is 16.1 Å². The van der Waals surface area contributed by atoms with E-state index in [4.69, 9.17) is 11.6 Å². The van der Waals surface area contributed by atoms with Crippen molar-refractivity contribution in [1.82, 2.24) is 0 Å². The van der Waals surface area contributed by atoms with Gasteiger partial charge in [-0.3, -0.25) is 4.79 Å². The van der Waals surface area contributed by atoms with Crippen molar-refractivity contribution in [3.8, 4) is 0 Å². The van der Waals surface area contributed by atoms with Crippen LogP contribution < -0.4 is 5.32 Å². The third kappa shape index (κ3) is 1.71. The van der Waals surface area contributed by atoms with Crippen LogP contribution in [0.2, 0.25) is 5.02 Å². The topological polar surface area (TPSA) is 29.1 Å². The lowest BCUT2D eigenvalue weighted by Gasteiger charge is -2.26. The third-order valence-electron chi connectivity index (χ3n) is 5.60. The van der Waals surface area contributed by atoms with Gasteiger partial charge in [-0.25, -0.2) is 4.39 Å². The molecule has 1 aliphatic carbocycles. The van der Waals surface area contributed by atoms with E-state index in [2.05, 4.69) is 19.2 Å². The van der Waals surface area contributed by atoms with Gasteiger partial charge in [0.25, 0.3) is 0 Å². The minimum Gasteiger partial charge on any atom is -0.325 e. The van der Waals surface area contributed by atoms with Crippen LogP contribution in [-0.2, 0) is 15.6 Å². The van der Waals surface area contributed by atoms with Gasteiger partial charge in [0.15, 0.2) is 0 Å². The number of rotatable bonds is 2. The number of halogens is 2. The molecule has 4 rings (SSSR count). The Bertz CT molecular complexity index is 817. The number of hydrogen-bond acceptors (Lipinski definition) is 1. The lowest BCUT2D eigenvalue weighted by atomic mass is 9.75. The van der Waals surface area contributed by atoms with Crippen molar-refractivity contribution < 1.29 is 9.18 Å². The highest BCUT2D eigenvalue weighted by Crippen LogP contribution is 2.72. The van der Waals surface area contributed by atoms with E-state index in [1.165, 1.54) is 12.1 Å². The molecule has 1 amide bonds. The standard InChI is InChI=1S/C19H17ClFNO/c1-11(2)18(12-3-5-13(20)6-4-12)10-19(18)15-9-14(21)7-8-16(15)22-17(19)23/h3-9,11H,10H2,1-2H3,(H,22,23)/t18-,19+/m0/s1. The summed E-state index contributed by atoms with van der Waals surface area (Å²) in [6, 6.07) is 12.2. The molecule has 2 atom stereocenters. The maximum Gasteiger partial charge on any atom is 0.236 e. The molecule has 1 fully saturated rings. The fraction of sp³-hybridized carbons (Fsp3) is 0.316. The predicted octanol–water partition coefficient (Wildman–Crippen LogP) is 4.67. The van der Waals surface area contributed by atoms with Gasteiger partial charge in [-0.15, -0.1) is 0 Å². The van der Waals surface area contributed by atoms with Gasteiger partial charge < -0.3 is 5.32 Å². The first-order valence-corrected chi connectivity index (χ1v) is 8.17. The Morgan fingerprint density at radius 1 is 1.17 bits per heavy atom. The fourth-order valence-electron chi connectivity index (χ4n) is 4.45. The molecule has 118 valence electrons. The molecule has 0 bridgehead atoms. The Kier molecular flexibility index (Phi) is 2.92. The minimum absolute atomic E-state index is 0.0262. The van der Waals surface area contributed by atoms with Crippen LogP contribution in [0.3, 0.4) is 0 Å². The second-order valence-electron chi connectivity index (χ2n) is 6.86. The van der Waals surface area contributed by atoms with Crippen molar-refractivity contribution in [3.63, 3.8) is 0 Å². The van der Waals surface area contributed by atoms with Gasteiger partial charge in [-0.1, -0.05) is 37.6 Å². The van der Waals surface area contributed by atoms with E-state index in [1.54, 1.807) is 6.07 Å². The molecule has 1 spiro atoms. The molecule has 0 radical (unpaired) electrons. The first kappa shape index (κ1) is 14.7. The maximum atomic E-state index is 13.8. The van der Waals surface area contributed by atoms with Crippen LogP contribution in [0, 0.1) is 11.7 Å². The van der Waals surface area contributed by atoms with Gasteiger partial charge in [0.1, 0.15) is 5.82 Å². The molecule has 2 nitrogen and oxygen atoms in total. The van der Waals surface area contributed by atoms with Crippen molar-refractivity contribution in [2.75, 3.05) is 5.32 Å². The summed E-state index contributed by atoms with van der Waals surface area (Å²) in [5, 5.41) is 3.61. The molecule has 0 aromatic heterocycles. The van der Waals surface area contributed by atoms with E-state index in [-0.39, 0.29) is 23.1 Å². The maximum absolute atomic E-state index is 13.8. The number of fused-ring (bicyclic) bond motifs is 2.